The first kappa shape index (κ1) is 13.6. The molecule has 0 radical (unpaired) electrons. The number of rotatable bonds is 4. The molecule has 1 aliphatic rings. The zero-order valence-electron chi connectivity index (χ0n) is 11.1. The number of aromatic amines is 1. The predicted molar refractivity (Wildman–Crippen MR) is 71.3 cm³/mol. The maximum Gasteiger partial charge on any atom is 0.309 e. The largest absolute Gasteiger partial charge is 0.481 e. The third-order valence-electron chi connectivity index (χ3n) is 3.89. The molecule has 0 spiro atoms. The molecule has 2 N–H and O–H groups in total. The number of carboxylic acids is 1. The maximum absolute atomic E-state index is 11.5. The molecule has 6 heteroatoms. The summed E-state index contributed by atoms with van der Waals surface area (Å²) in [5.74, 6) is -0.0768. The molecule has 1 fully saturated rings. The Bertz CT molecular complexity index is 504. The van der Waals surface area contributed by atoms with Gasteiger partial charge in [0, 0.05) is 19.2 Å². The highest BCUT2D eigenvalue weighted by atomic mass is 16.4. The molecule has 0 unspecified atom stereocenters. The van der Waals surface area contributed by atoms with Crippen LogP contribution in [0.1, 0.15) is 32.6 Å². The number of anilines is 1. The molecule has 104 valence electrons. The Morgan fingerprint density at radius 2 is 2.21 bits per heavy atom. The third-order valence-corrected chi connectivity index (χ3v) is 3.89. The molecule has 2 rings (SSSR count). The highest BCUT2D eigenvalue weighted by molar-refractivity contribution is 5.75. The van der Waals surface area contributed by atoms with Crippen LogP contribution in [0.5, 0.6) is 0 Å². The highest BCUT2D eigenvalue weighted by Crippen LogP contribution is 2.37. The molecule has 1 aromatic heterocycles. The van der Waals surface area contributed by atoms with E-state index in [-0.39, 0.29) is 5.56 Å². The number of hydrogen-bond donors (Lipinski definition) is 2. The first-order chi connectivity index (χ1) is 9.07. The molecule has 0 aliphatic carbocycles. The van der Waals surface area contributed by atoms with Crippen LogP contribution < -0.4 is 10.5 Å². The summed E-state index contributed by atoms with van der Waals surface area (Å²) in [5, 5.41) is 9.43. The van der Waals surface area contributed by atoms with Crippen LogP contribution in [0.25, 0.3) is 0 Å². The minimum atomic E-state index is -0.701. The predicted octanol–water partition coefficient (Wildman–Crippen LogP) is 1.24. The second kappa shape index (κ2) is 5.42. The Kier molecular flexibility index (Phi) is 3.87. The number of nitrogens with zero attached hydrogens (tertiary/aromatic N) is 2. The van der Waals surface area contributed by atoms with E-state index in [2.05, 4.69) is 9.97 Å². The summed E-state index contributed by atoms with van der Waals surface area (Å²) in [4.78, 5) is 31.3. The van der Waals surface area contributed by atoms with Gasteiger partial charge in [-0.2, -0.15) is 0 Å². The number of aromatic nitrogens is 2. The third kappa shape index (κ3) is 2.77. The molecule has 0 atom stereocenters. The van der Waals surface area contributed by atoms with Gasteiger partial charge in [0.2, 0.25) is 0 Å². The summed E-state index contributed by atoms with van der Waals surface area (Å²) in [5.41, 5.74) is -0.791. The number of H-pyrrole nitrogens is 1. The van der Waals surface area contributed by atoms with Crippen LogP contribution >= 0.6 is 0 Å². The number of aliphatic carboxylic acids is 1. The molecule has 0 bridgehead atoms. The summed E-state index contributed by atoms with van der Waals surface area (Å²) in [7, 11) is 0. The Morgan fingerprint density at radius 3 is 2.74 bits per heavy atom. The number of carbonyl (C=O) groups is 1. The van der Waals surface area contributed by atoms with Crippen molar-refractivity contribution in [3.8, 4) is 0 Å². The van der Waals surface area contributed by atoms with E-state index in [1.165, 1.54) is 12.4 Å². The Morgan fingerprint density at radius 1 is 1.53 bits per heavy atom. The average Bonchev–Trinajstić information content (AvgIpc) is 2.39. The van der Waals surface area contributed by atoms with Crippen molar-refractivity contribution >= 4 is 11.8 Å². The first-order valence-corrected chi connectivity index (χ1v) is 6.60. The molecule has 1 aromatic rings. The van der Waals surface area contributed by atoms with E-state index in [0.29, 0.717) is 38.2 Å². The van der Waals surface area contributed by atoms with Gasteiger partial charge in [-0.3, -0.25) is 9.59 Å². The van der Waals surface area contributed by atoms with Crippen molar-refractivity contribution in [2.75, 3.05) is 18.0 Å². The number of hydrogen-bond acceptors (Lipinski definition) is 4. The van der Waals surface area contributed by atoms with E-state index >= 15 is 0 Å². The quantitative estimate of drug-likeness (QED) is 0.855. The second-order valence-electron chi connectivity index (χ2n) is 5.09. The minimum absolute atomic E-state index is 0.186. The summed E-state index contributed by atoms with van der Waals surface area (Å²) in [6.07, 6.45) is 4.16. The van der Waals surface area contributed by atoms with Gasteiger partial charge < -0.3 is 15.0 Å². The van der Waals surface area contributed by atoms with Gasteiger partial charge in [0.25, 0.3) is 5.56 Å². The molecule has 1 aliphatic heterocycles. The Labute approximate surface area is 111 Å². The van der Waals surface area contributed by atoms with Crippen LogP contribution in [0, 0.1) is 5.41 Å². The van der Waals surface area contributed by atoms with Crippen LogP contribution in [0.15, 0.2) is 17.2 Å². The minimum Gasteiger partial charge on any atom is -0.481 e. The number of carboxylic acid groups (broad SMARTS) is 1. The fourth-order valence-corrected chi connectivity index (χ4v) is 2.74. The zero-order valence-corrected chi connectivity index (χ0v) is 11.1. The van der Waals surface area contributed by atoms with Crippen molar-refractivity contribution in [3.05, 3.63) is 22.7 Å². The number of piperidine rings is 1. The van der Waals surface area contributed by atoms with E-state index in [0.717, 1.165) is 6.42 Å². The standard InChI is InChI=1S/C13H19N3O3/c1-2-3-13(12(18)19)4-6-16(7-5-13)10-8-11(17)15-9-14-10/h8-9H,2-7H2,1H3,(H,18,19)(H,14,15,17). The lowest BCUT2D eigenvalue weighted by molar-refractivity contribution is -0.150. The van der Waals surface area contributed by atoms with Gasteiger partial charge in [0.05, 0.1) is 11.7 Å². The average molecular weight is 265 g/mol. The fraction of sp³-hybridized carbons (Fsp3) is 0.615. The van der Waals surface area contributed by atoms with E-state index in [4.69, 9.17) is 0 Å². The molecule has 0 amide bonds. The van der Waals surface area contributed by atoms with Crippen molar-refractivity contribution in [1.82, 2.24) is 9.97 Å². The van der Waals surface area contributed by atoms with Crippen LogP contribution in [0.3, 0.4) is 0 Å². The molecular formula is C13H19N3O3. The second-order valence-corrected chi connectivity index (χ2v) is 5.09. The van der Waals surface area contributed by atoms with Gasteiger partial charge in [-0.25, -0.2) is 4.98 Å². The lowest BCUT2D eigenvalue weighted by Gasteiger charge is -2.39. The van der Waals surface area contributed by atoms with Gasteiger partial charge in [-0.05, 0) is 19.3 Å². The van der Waals surface area contributed by atoms with Crippen LogP contribution in [0.2, 0.25) is 0 Å². The molecule has 2 heterocycles. The van der Waals surface area contributed by atoms with Gasteiger partial charge in [0.15, 0.2) is 0 Å². The van der Waals surface area contributed by atoms with Gasteiger partial charge in [-0.15, -0.1) is 0 Å². The van der Waals surface area contributed by atoms with Crippen molar-refractivity contribution in [2.45, 2.75) is 32.6 Å². The maximum atomic E-state index is 11.5. The van der Waals surface area contributed by atoms with Gasteiger partial charge >= 0.3 is 5.97 Å². The molecule has 19 heavy (non-hydrogen) atoms. The molecular weight excluding hydrogens is 246 g/mol. The van der Waals surface area contributed by atoms with Crippen molar-refractivity contribution in [2.24, 2.45) is 5.41 Å². The van der Waals surface area contributed by atoms with Crippen LogP contribution in [-0.2, 0) is 4.79 Å². The fourth-order valence-electron chi connectivity index (χ4n) is 2.74. The van der Waals surface area contributed by atoms with Crippen molar-refractivity contribution in [1.29, 1.82) is 0 Å². The Hall–Kier alpha value is -1.85. The lowest BCUT2D eigenvalue weighted by Crippen LogP contribution is -2.44. The summed E-state index contributed by atoms with van der Waals surface area (Å²) < 4.78 is 0. The van der Waals surface area contributed by atoms with Gasteiger partial charge in [-0.1, -0.05) is 13.3 Å². The SMILES string of the molecule is CCCC1(C(=O)O)CCN(c2cc(=O)[nH]cn2)CC1. The molecule has 6 nitrogen and oxygen atoms in total. The first-order valence-electron chi connectivity index (χ1n) is 6.60. The smallest absolute Gasteiger partial charge is 0.309 e. The number of nitrogens with one attached hydrogen (secondary N) is 1. The van der Waals surface area contributed by atoms with Crippen LogP contribution in [-0.4, -0.2) is 34.1 Å². The zero-order chi connectivity index (χ0) is 13.9. The summed E-state index contributed by atoms with van der Waals surface area (Å²) in [6.45, 7) is 3.26. The monoisotopic (exact) mass is 265 g/mol. The van der Waals surface area contributed by atoms with Crippen molar-refractivity contribution in [3.63, 3.8) is 0 Å². The highest BCUT2D eigenvalue weighted by Gasteiger charge is 2.40. The van der Waals surface area contributed by atoms with E-state index < -0.39 is 11.4 Å². The van der Waals surface area contributed by atoms with E-state index in [1.54, 1.807) is 0 Å². The summed E-state index contributed by atoms with van der Waals surface area (Å²) in [6, 6.07) is 1.45. The van der Waals surface area contributed by atoms with E-state index in [1.807, 2.05) is 11.8 Å². The Balaban J connectivity index is 2.10. The van der Waals surface area contributed by atoms with Gasteiger partial charge in [0.1, 0.15) is 5.82 Å². The molecule has 0 aromatic carbocycles. The summed E-state index contributed by atoms with van der Waals surface area (Å²) >= 11 is 0. The van der Waals surface area contributed by atoms with Crippen LogP contribution in [0.4, 0.5) is 5.82 Å². The van der Waals surface area contributed by atoms with E-state index in [9.17, 15) is 14.7 Å². The molecule has 0 saturated carbocycles. The topological polar surface area (TPSA) is 86.3 Å². The van der Waals surface area contributed by atoms with Crippen molar-refractivity contribution < 1.29 is 9.90 Å². The lowest BCUT2D eigenvalue weighted by atomic mass is 9.75. The normalized spacial score (nSPS) is 18.3. The molecule has 1 saturated heterocycles.